The third-order valence-electron chi connectivity index (χ3n) is 1.17. The smallest absolute Gasteiger partial charge is 0.221 e. The van der Waals surface area contributed by atoms with Crippen molar-refractivity contribution in [2.75, 3.05) is 5.75 Å². The van der Waals surface area contributed by atoms with Crippen LogP contribution in [0.25, 0.3) is 10.4 Å². The second-order valence-corrected chi connectivity index (χ2v) is 3.90. The molecule has 0 aliphatic rings. The van der Waals surface area contributed by atoms with Gasteiger partial charge in [0.2, 0.25) is 10.0 Å². The Hall–Kier alpha value is -0.740. The lowest BCUT2D eigenvalue weighted by Crippen LogP contribution is -2.00. The van der Waals surface area contributed by atoms with Gasteiger partial charge in [-0.05, 0) is 12.0 Å². The molecule has 0 amide bonds. The van der Waals surface area contributed by atoms with E-state index in [2.05, 4.69) is 9.43 Å². The summed E-state index contributed by atoms with van der Waals surface area (Å²) in [6, 6.07) is 0. The van der Waals surface area contributed by atoms with E-state index in [1.165, 1.54) is 0 Å². The highest BCUT2D eigenvalue weighted by molar-refractivity contribution is 7.89. The van der Waals surface area contributed by atoms with Gasteiger partial charge in [0.1, 0.15) is 0 Å². The zero-order chi connectivity index (χ0) is 8.74. The summed E-state index contributed by atoms with van der Waals surface area (Å²) in [5, 5.41) is 0. The van der Waals surface area contributed by atoms with E-state index < -0.39 is 10.0 Å². The molecule has 0 aliphatic carbocycles. The van der Waals surface area contributed by atoms with Gasteiger partial charge < -0.3 is 0 Å². The minimum atomic E-state index is -3.50. The number of rotatable bonds is 5. The van der Waals surface area contributed by atoms with Crippen LogP contribution in [0.1, 0.15) is 26.2 Å². The summed E-state index contributed by atoms with van der Waals surface area (Å²) in [5.41, 5.74) is 7.84. The Kier molecular flexibility index (Phi) is 4.65. The van der Waals surface area contributed by atoms with Crippen molar-refractivity contribution in [2.45, 2.75) is 26.2 Å². The molecule has 0 saturated carbocycles. The molecule has 0 N–H and O–H groups in total. The standard InChI is InChI=1S/C5H11N3O2S/c1-2-3-4-5-11(9,10)8-7-6/h2-5H2,1H3. The van der Waals surface area contributed by atoms with Crippen molar-refractivity contribution in [1.82, 2.24) is 0 Å². The fourth-order valence-electron chi connectivity index (χ4n) is 0.631. The molecule has 0 atom stereocenters. The Balaban J connectivity index is 3.84. The molecule has 0 heterocycles. The second-order valence-electron chi connectivity index (χ2n) is 2.16. The molecule has 0 fully saturated rings. The van der Waals surface area contributed by atoms with Gasteiger partial charge in [-0.2, -0.15) is 0 Å². The Morgan fingerprint density at radius 2 is 2.09 bits per heavy atom. The molecule has 0 radical (unpaired) electrons. The monoisotopic (exact) mass is 177 g/mol. The number of hydrogen-bond acceptors (Lipinski definition) is 2. The lowest BCUT2D eigenvalue weighted by Gasteiger charge is -1.93. The Labute approximate surface area is 66.1 Å². The van der Waals surface area contributed by atoms with Gasteiger partial charge in [0, 0.05) is 9.43 Å². The minimum Gasteiger partial charge on any atom is -0.221 e. The summed E-state index contributed by atoms with van der Waals surface area (Å²) >= 11 is 0. The lowest BCUT2D eigenvalue weighted by atomic mass is 10.3. The molecule has 64 valence electrons. The van der Waals surface area contributed by atoms with E-state index in [0.717, 1.165) is 12.8 Å². The normalized spacial score (nSPS) is 10.6. The zero-order valence-corrected chi connectivity index (χ0v) is 7.21. The van der Waals surface area contributed by atoms with Crippen molar-refractivity contribution in [2.24, 2.45) is 4.52 Å². The molecule has 11 heavy (non-hydrogen) atoms. The summed E-state index contributed by atoms with van der Waals surface area (Å²) in [4.78, 5) is 2.22. The molecular weight excluding hydrogens is 166 g/mol. The Bertz CT molecular complexity index is 240. The van der Waals surface area contributed by atoms with Crippen molar-refractivity contribution in [3.63, 3.8) is 0 Å². The summed E-state index contributed by atoms with van der Waals surface area (Å²) in [5.74, 6) is -0.0368. The number of sulfonamides is 1. The predicted octanol–water partition coefficient (Wildman–Crippen LogP) is 1.82. The zero-order valence-electron chi connectivity index (χ0n) is 6.39. The van der Waals surface area contributed by atoms with Crippen LogP contribution in [-0.4, -0.2) is 14.2 Å². The maximum absolute atomic E-state index is 10.7. The Morgan fingerprint density at radius 3 is 2.55 bits per heavy atom. The van der Waals surface area contributed by atoms with E-state index in [4.69, 9.17) is 5.53 Å². The van der Waals surface area contributed by atoms with Crippen molar-refractivity contribution in [3.8, 4) is 0 Å². The van der Waals surface area contributed by atoms with E-state index in [0.29, 0.717) is 6.42 Å². The van der Waals surface area contributed by atoms with Crippen LogP contribution in [0.15, 0.2) is 4.52 Å². The molecule has 0 aromatic carbocycles. The van der Waals surface area contributed by atoms with Crippen molar-refractivity contribution >= 4 is 10.0 Å². The quantitative estimate of drug-likeness (QED) is 0.277. The third kappa shape index (κ3) is 5.69. The topological polar surface area (TPSA) is 82.9 Å². The summed E-state index contributed by atoms with van der Waals surface area (Å²) in [6.07, 6.45) is 2.36. The highest BCUT2D eigenvalue weighted by Crippen LogP contribution is 2.00. The maximum Gasteiger partial charge on any atom is 0.235 e. The Morgan fingerprint density at radius 1 is 1.45 bits per heavy atom. The van der Waals surface area contributed by atoms with Crippen LogP contribution >= 0.6 is 0 Å². The fraction of sp³-hybridized carbons (Fsp3) is 1.00. The van der Waals surface area contributed by atoms with Crippen LogP contribution in [-0.2, 0) is 10.0 Å². The van der Waals surface area contributed by atoms with Crippen LogP contribution in [0.5, 0.6) is 0 Å². The average Bonchev–Trinajstić information content (AvgIpc) is 1.87. The molecule has 0 saturated heterocycles. The van der Waals surface area contributed by atoms with Gasteiger partial charge in [0.05, 0.1) is 5.75 Å². The first-order valence-corrected chi connectivity index (χ1v) is 5.02. The number of azide groups is 1. The van der Waals surface area contributed by atoms with Gasteiger partial charge in [0.25, 0.3) is 0 Å². The molecular formula is C5H11N3O2S. The summed E-state index contributed by atoms with van der Waals surface area (Å²) < 4.78 is 24.1. The van der Waals surface area contributed by atoms with Crippen LogP contribution in [0, 0.1) is 0 Å². The molecule has 0 bridgehead atoms. The highest BCUT2D eigenvalue weighted by Gasteiger charge is 2.05. The van der Waals surface area contributed by atoms with Crippen LogP contribution in [0.4, 0.5) is 0 Å². The molecule has 0 aromatic rings. The van der Waals surface area contributed by atoms with Gasteiger partial charge >= 0.3 is 0 Å². The van der Waals surface area contributed by atoms with Gasteiger partial charge in [-0.25, -0.2) is 8.42 Å². The number of unbranched alkanes of at least 4 members (excludes halogenated alkanes) is 2. The second kappa shape index (κ2) is 4.98. The highest BCUT2D eigenvalue weighted by atomic mass is 32.2. The number of hydrogen-bond donors (Lipinski definition) is 0. The van der Waals surface area contributed by atoms with Crippen molar-refractivity contribution in [1.29, 1.82) is 0 Å². The summed E-state index contributed by atoms with van der Waals surface area (Å²) in [7, 11) is -3.50. The first kappa shape index (κ1) is 10.3. The SMILES string of the molecule is CCCCCS(=O)(=O)N=[N+]=[N-]. The first-order valence-electron chi connectivity index (χ1n) is 3.41. The molecule has 5 nitrogen and oxygen atoms in total. The van der Waals surface area contributed by atoms with E-state index in [9.17, 15) is 8.42 Å². The largest absolute Gasteiger partial charge is 0.235 e. The lowest BCUT2D eigenvalue weighted by molar-refractivity contribution is 0.592. The predicted molar refractivity (Wildman–Crippen MR) is 42.5 cm³/mol. The molecule has 0 aliphatic heterocycles. The first-order chi connectivity index (χ1) is 5.12. The molecule has 0 aromatic heterocycles. The summed E-state index contributed by atoms with van der Waals surface area (Å²) in [6.45, 7) is 1.97. The molecule has 0 rings (SSSR count). The molecule has 0 spiro atoms. The van der Waals surface area contributed by atoms with E-state index >= 15 is 0 Å². The molecule has 0 unspecified atom stereocenters. The van der Waals surface area contributed by atoms with Gasteiger partial charge in [-0.1, -0.05) is 19.8 Å². The van der Waals surface area contributed by atoms with Gasteiger partial charge in [-0.15, -0.1) is 0 Å². The average molecular weight is 177 g/mol. The van der Waals surface area contributed by atoms with E-state index in [1.807, 2.05) is 6.92 Å². The van der Waals surface area contributed by atoms with Crippen molar-refractivity contribution < 1.29 is 8.42 Å². The van der Waals surface area contributed by atoms with Gasteiger partial charge in [-0.3, -0.25) is 0 Å². The van der Waals surface area contributed by atoms with E-state index in [1.54, 1.807) is 0 Å². The number of nitrogens with zero attached hydrogens (tertiary/aromatic N) is 3. The van der Waals surface area contributed by atoms with Crippen LogP contribution in [0.3, 0.4) is 0 Å². The molecule has 6 heteroatoms. The fourth-order valence-corrected chi connectivity index (χ4v) is 1.39. The minimum absolute atomic E-state index is 0.0368. The maximum atomic E-state index is 10.7. The van der Waals surface area contributed by atoms with Crippen LogP contribution < -0.4 is 0 Å². The van der Waals surface area contributed by atoms with Gasteiger partial charge in [0.15, 0.2) is 0 Å². The van der Waals surface area contributed by atoms with Crippen LogP contribution in [0.2, 0.25) is 0 Å². The van der Waals surface area contributed by atoms with E-state index in [-0.39, 0.29) is 5.75 Å². The third-order valence-corrected chi connectivity index (χ3v) is 2.29. The van der Waals surface area contributed by atoms with Crippen molar-refractivity contribution in [3.05, 3.63) is 10.4 Å².